The smallest absolute Gasteiger partial charge is 0.220 e. The van der Waals surface area contributed by atoms with E-state index in [0.717, 1.165) is 30.6 Å². The highest BCUT2D eigenvalue weighted by Crippen LogP contribution is 2.47. The van der Waals surface area contributed by atoms with Crippen molar-refractivity contribution >= 4 is 15.9 Å². The molecule has 1 atom stereocenters. The summed E-state index contributed by atoms with van der Waals surface area (Å²) in [5.74, 6) is 0.966. The van der Waals surface area contributed by atoms with Crippen molar-refractivity contribution in [3.05, 3.63) is 29.8 Å². The van der Waals surface area contributed by atoms with Gasteiger partial charge in [-0.25, -0.2) is 12.7 Å². The van der Waals surface area contributed by atoms with E-state index in [2.05, 4.69) is 5.32 Å². The fourth-order valence-corrected chi connectivity index (χ4v) is 6.13. The lowest BCUT2D eigenvalue weighted by Crippen LogP contribution is -2.52. The number of carbonyl (C=O) groups is 1. The molecule has 1 N–H and O–H groups in total. The van der Waals surface area contributed by atoms with Crippen molar-refractivity contribution in [2.24, 2.45) is 0 Å². The molecule has 1 spiro atoms. The van der Waals surface area contributed by atoms with Crippen molar-refractivity contribution < 1.29 is 17.9 Å². The molecular formula is C19H26N2O4S. The highest BCUT2D eigenvalue weighted by molar-refractivity contribution is 7.90. The predicted octanol–water partition coefficient (Wildman–Crippen LogP) is 2.02. The second-order valence-electron chi connectivity index (χ2n) is 7.74. The first-order chi connectivity index (χ1) is 12.4. The number of piperidine rings is 1. The number of amides is 1. The molecule has 2 fully saturated rings. The first kappa shape index (κ1) is 17.8. The van der Waals surface area contributed by atoms with Crippen LogP contribution in [-0.2, 0) is 14.8 Å². The number of nitrogens with one attached hydrogen (secondary N) is 1. The van der Waals surface area contributed by atoms with E-state index >= 15 is 0 Å². The Hall–Kier alpha value is -1.60. The van der Waals surface area contributed by atoms with Crippen LogP contribution in [0.25, 0.3) is 0 Å². The third-order valence-corrected chi connectivity index (χ3v) is 8.35. The number of carbonyl (C=O) groups excluding carboxylic acids is 1. The van der Waals surface area contributed by atoms with Crippen LogP contribution in [-0.4, -0.2) is 49.6 Å². The molecule has 1 aromatic carbocycles. The average molecular weight is 378 g/mol. The molecule has 142 valence electrons. The number of hydrogen-bond donors (Lipinski definition) is 1. The van der Waals surface area contributed by atoms with E-state index in [1.807, 2.05) is 24.3 Å². The molecule has 1 aromatic rings. The number of fused-ring (bicyclic) bond motifs is 1. The van der Waals surface area contributed by atoms with E-state index in [-0.39, 0.29) is 22.7 Å². The summed E-state index contributed by atoms with van der Waals surface area (Å²) in [6.07, 6.45) is 4.14. The second kappa shape index (κ2) is 6.53. The Labute approximate surface area is 155 Å². The minimum absolute atomic E-state index is 0.0237. The van der Waals surface area contributed by atoms with Crippen LogP contribution in [0.4, 0.5) is 0 Å². The van der Waals surface area contributed by atoms with Crippen LogP contribution in [0.3, 0.4) is 0 Å². The Morgan fingerprint density at radius 2 is 1.96 bits per heavy atom. The number of sulfonamides is 1. The monoisotopic (exact) mass is 378 g/mol. The maximum Gasteiger partial charge on any atom is 0.220 e. The largest absolute Gasteiger partial charge is 0.487 e. The standard InChI is InChI=1S/C19H26N2O4S/c1-20-18(22)12-14-13-19(25-17-5-3-2-4-16(14)17)8-10-21(11-9-19)26(23,24)15-6-7-15/h2-5,14-15H,6-13H2,1H3,(H,20,22). The van der Waals surface area contributed by atoms with Crippen molar-refractivity contribution in [1.29, 1.82) is 0 Å². The molecule has 4 rings (SSSR count). The van der Waals surface area contributed by atoms with Crippen LogP contribution >= 0.6 is 0 Å². The number of hydrogen-bond acceptors (Lipinski definition) is 4. The molecule has 0 aromatic heterocycles. The molecule has 7 heteroatoms. The second-order valence-corrected chi connectivity index (χ2v) is 9.96. The third kappa shape index (κ3) is 3.22. The highest BCUT2D eigenvalue weighted by Gasteiger charge is 2.47. The van der Waals surface area contributed by atoms with Crippen molar-refractivity contribution in [2.75, 3.05) is 20.1 Å². The maximum absolute atomic E-state index is 12.5. The molecule has 0 bridgehead atoms. The Morgan fingerprint density at radius 3 is 2.62 bits per heavy atom. The van der Waals surface area contributed by atoms with Gasteiger partial charge in [-0.3, -0.25) is 4.79 Å². The van der Waals surface area contributed by atoms with Gasteiger partial charge in [-0.05, 0) is 30.9 Å². The van der Waals surface area contributed by atoms with Crippen LogP contribution in [0.5, 0.6) is 5.75 Å². The van der Waals surface area contributed by atoms with Gasteiger partial charge in [-0.1, -0.05) is 18.2 Å². The Kier molecular flexibility index (Phi) is 4.47. The normalized spacial score (nSPS) is 25.3. The summed E-state index contributed by atoms with van der Waals surface area (Å²) < 4.78 is 33.0. The molecule has 26 heavy (non-hydrogen) atoms. The van der Waals surface area contributed by atoms with E-state index in [1.54, 1.807) is 11.4 Å². The van der Waals surface area contributed by atoms with Gasteiger partial charge in [0, 0.05) is 45.3 Å². The molecule has 2 heterocycles. The fourth-order valence-electron chi connectivity index (χ4n) is 4.28. The van der Waals surface area contributed by atoms with Crippen molar-refractivity contribution in [1.82, 2.24) is 9.62 Å². The molecule has 1 amide bonds. The van der Waals surface area contributed by atoms with Gasteiger partial charge in [-0.15, -0.1) is 0 Å². The molecule has 2 aliphatic heterocycles. The molecule has 1 unspecified atom stereocenters. The Morgan fingerprint density at radius 1 is 1.27 bits per heavy atom. The van der Waals surface area contributed by atoms with Gasteiger partial charge >= 0.3 is 0 Å². The van der Waals surface area contributed by atoms with Gasteiger partial charge in [0.2, 0.25) is 15.9 Å². The molecule has 0 radical (unpaired) electrons. The van der Waals surface area contributed by atoms with Gasteiger partial charge in [0.15, 0.2) is 0 Å². The van der Waals surface area contributed by atoms with Crippen molar-refractivity contribution in [2.45, 2.75) is 55.3 Å². The molecule has 3 aliphatic rings. The molecular weight excluding hydrogens is 352 g/mol. The quantitative estimate of drug-likeness (QED) is 0.870. The van der Waals surface area contributed by atoms with Crippen LogP contribution in [0.2, 0.25) is 0 Å². The zero-order valence-corrected chi connectivity index (χ0v) is 15.9. The topological polar surface area (TPSA) is 75.7 Å². The first-order valence-corrected chi connectivity index (χ1v) is 10.9. The summed E-state index contributed by atoms with van der Waals surface area (Å²) in [5, 5.41) is 2.55. The minimum atomic E-state index is -3.13. The van der Waals surface area contributed by atoms with Gasteiger partial charge in [0.1, 0.15) is 11.4 Å². The maximum atomic E-state index is 12.5. The van der Waals surface area contributed by atoms with Crippen molar-refractivity contribution in [3.63, 3.8) is 0 Å². The van der Waals surface area contributed by atoms with Crippen LogP contribution in [0.1, 0.15) is 50.0 Å². The molecule has 6 nitrogen and oxygen atoms in total. The number of rotatable bonds is 4. The summed E-state index contributed by atoms with van der Waals surface area (Å²) in [6, 6.07) is 7.91. The predicted molar refractivity (Wildman–Crippen MR) is 98.6 cm³/mol. The van der Waals surface area contributed by atoms with Crippen molar-refractivity contribution in [3.8, 4) is 5.75 Å². The highest BCUT2D eigenvalue weighted by atomic mass is 32.2. The summed E-state index contributed by atoms with van der Waals surface area (Å²) in [7, 11) is -1.47. The number of nitrogens with zero attached hydrogens (tertiary/aromatic N) is 1. The zero-order chi connectivity index (χ0) is 18.4. The average Bonchev–Trinajstić information content (AvgIpc) is 3.47. The number of para-hydroxylation sites is 1. The van der Waals surface area contributed by atoms with E-state index in [9.17, 15) is 13.2 Å². The third-order valence-electron chi connectivity index (χ3n) is 5.95. The molecule has 1 aliphatic carbocycles. The van der Waals surface area contributed by atoms with Gasteiger partial charge in [-0.2, -0.15) is 0 Å². The van der Waals surface area contributed by atoms with Crippen LogP contribution in [0.15, 0.2) is 24.3 Å². The zero-order valence-electron chi connectivity index (χ0n) is 15.1. The number of ether oxygens (including phenoxy) is 1. The van der Waals surface area contributed by atoms with E-state index in [4.69, 9.17) is 4.74 Å². The summed E-state index contributed by atoms with van der Waals surface area (Å²) >= 11 is 0. The fraction of sp³-hybridized carbons (Fsp3) is 0.632. The lowest BCUT2D eigenvalue weighted by atomic mass is 9.76. The Bertz CT molecular complexity index is 796. The first-order valence-electron chi connectivity index (χ1n) is 9.41. The summed E-state index contributed by atoms with van der Waals surface area (Å²) in [5.41, 5.74) is 0.706. The molecule has 1 saturated carbocycles. The molecule has 1 saturated heterocycles. The number of benzene rings is 1. The van der Waals surface area contributed by atoms with Gasteiger partial charge in [0.25, 0.3) is 0 Å². The summed E-state index contributed by atoms with van der Waals surface area (Å²) in [6.45, 7) is 1.02. The van der Waals surface area contributed by atoms with E-state index < -0.39 is 10.0 Å². The summed E-state index contributed by atoms with van der Waals surface area (Å²) in [4.78, 5) is 12.0. The van der Waals surface area contributed by atoms with Gasteiger partial charge < -0.3 is 10.1 Å². The van der Waals surface area contributed by atoms with E-state index in [1.165, 1.54) is 0 Å². The lowest BCUT2D eigenvalue weighted by Gasteiger charge is -2.46. The van der Waals surface area contributed by atoms with Gasteiger partial charge in [0.05, 0.1) is 5.25 Å². The Balaban J connectivity index is 1.53. The lowest BCUT2D eigenvalue weighted by molar-refractivity contribution is -0.121. The SMILES string of the molecule is CNC(=O)CC1CC2(CCN(S(=O)(=O)C3CC3)CC2)Oc2ccccc21. The van der Waals surface area contributed by atoms with Crippen LogP contribution in [0, 0.1) is 0 Å². The van der Waals surface area contributed by atoms with Crippen LogP contribution < -0.4 is 10.1 Å². The van der Waals surface area contributed by atoms with E-state index in [0.29, 0.717) is 32.4 Å². The minimum Gasteiger partial charge on any atom is -0.487 e.